The molecule has 1 unspecified atom stereocenters. The average Bonchev–Trinajstić information content (AvgIpc) is 3.23. The predicted molar refractivity (Wildman–Crippen MR) is 103 cm³/mol. The van der Waals surface area contributed by atoms with Gasteiger partial charge in [0.25, 0.3) is 5.91 Å². The van der Waals surface area contributed by atoms with E-state index in [0.29, 0.717) is 29.7 Å². The van der Waals surface area contributed by atoms with Crippen LogP contribution in [0.1, 0.15) is 55.6 Å². The second-order valence-electron chi connectivity index (χ2n) is 7.94. The third-order valence-corrected chi connectivity index (χ3v) is 5.22. The molecule has 2 aliphatic rings. The Morgan fingerprint density at radius 1 is 1.33 bits per heavy atom. The molecule has 1 aliphatic heterocycles. The monoisotopic (exact) mass is 369 g/mol. The highest BCUT2D eigenvalue weighted by Gasteiger charge is 2.29. The van der Waals surface area contributed by atoms with Crippen molar-refractivity contribution in [2.24, 2.45) is 11.7 Å². The SMILES string of the molecule is CC(C)Cn1cc(-c2nc(N[C@@H]3CCCCC3N)nc3c2C(=O)NC3)cn1. The van der Waals surface area contributed by atoms with Crippen LogP contribution in [0.2, 0.25) is 0 Å². The van der Waals surface area contributed by atoms with E-state index in [0.717, 1.165) is 37.1 Å². The third-order valence-electron chi connectivity index (χ3n) is 5.22. The summed E-state index contributed by atoms with van der Waals surface area (Å²) in [5.41, 5.74) is 9.02. The third kappa shape index (κ3) is 3.66. The van der Waals surface area contributed by atoms with Crippen LogP contribution < -0.4 is 16.4 Å². The molecule has 0 spiro atoms. The zero-order valence-corrected chi connectivity index (χ0v) is 15.9. The first-order valence-electron chi connectivity index (χ1n) is 9.75. The second kappa shape index (κ2) is 7.26. The highest BCUT2D eigenvalue weighted by atomic mass is 16.1. The number of nitrogens with two attached hydrogens (primary N) is 1. The minimum atomic E-state index is -0.127. The Kier molecular flexibility index (Phi) is 4.82. The number of hydrogen-bond acceptors (Lipinski definition) is 6. The van der Waals surface area contributed by atoms with E-state index in [1.807, 2.05) is 10.9 Å². The van der Waals surface area contributed by atoms with Crippen molar-refractivity contribution in [3.05, 3.63) is 23.7 Å². The molecule has 144 valence electrons. The summed E-state index contributed by atoms with van der Waals surface area (Å²) in [4.78, 5) is 21.6. The Hall–Kier alpha value is -2.48. The molecule has 8 heteroatoms. The van der Waals surface area contributed by atoms with Crippen molar-refractivity contribution in [3.63, 3.8) is 0 Å². The van der Waals surface area contributed by atoms with Gasteiger partial charge in [0.15, 0.2) is 0 Å². The Morgan fingerprint density at radius 3 is 2.93 bits per heavy atom. The number of aromatic nitrogens is 4. The first-order valence-corrected chi connectivity index (χ1v) is 9.75. The number of carbonyl (C=O) groups excluding carboxylic acids is 1. The summed E-state index contributed by atoms with van der Waals surface area (Å²) in [7, 11) is 0. The van der Waals surface area contributed by atoms with Gasteiger partial charge in [-0.2, -0.15) is 5.10 Å². The summed E-state index contributed by atoms with van der Waals surface area (Å²) in [6.07, 6.45) is 8.07. The summed E-state index contributed by atoms with van der Waals surface area (Å²) in [5.74, 6) is 0.902. The molecule has 2 aromatic rings. The molecule has 1 aliphatic carbocycles. The van der Waals surface area contributed by atoms with Crippen molar-refractivity contribution >= 4 is 11.9 Å². The molecule has 2 atom stereocenters. The van der Waals surface area contributed by atoms with Gasteiger partial charge >= 0.3 is 0 Å². The van der Waals surface area contributed by atoms with Crippen LogP contribution in [0.5, 0.6) is 0 Å². The minimum Gasteiger partial charge on any atom is -0.350 e. The quantitative estimate of drug-likeness (QED) is 0.743. The minimum absolute atomic E-state index is 0.104. The number of amides is 1. The first-order chi connectivity index (χ1) is 13.0. The molecular weight excluding hydrogens is 342 g/mol. The Labute approximate surface area is 159 Å². The van der Waals surface area contributed by atoms with Crippen LogP contribution in [0.25, 0.3) is 11.3 Å². The van der Waals surface area contributed by atoms with Gasteiger partial charge in [0.2, 0.25) is 5.95 Å². The van der Waals surface area contributed by atoms with E-state index in [1.54, 1.807) is 6.20 Å². The van der Waals surface area contributed by atoms with Crippen molar-refractivity contribution in [2.75, 3.05) is 5.32 Å². The summed E-state index contributed by atoms with van der Waals surface area (Å²) < 4.78 is 1.89. The molecule has 4 N–H and O–H groups in total. The highest BCUT2D eigenvalue weighted by Crippen LogP contribution is 2.29. The zero-order chi connectivity index (χ0) is 19.0. The molecule has 0 radical (unpaired) electrons. The van der Waals surface area contributed by atoms with Crippen molar-refractivity contribution < 1.29 is 4.79 Å². The van der Waals surface area contributed by atoms with E-state index in [2.05, 4.69) is 34.6 Å². The zero-order valence-electron chi connectivity index (χ0n) is 15.9. The van der Waals surface area contributed by atoms with Crippen LogP contribution in [0.3, 0.4) is 0 Å². The van der Waals surface area contributed by atoms with E-state index in [9.17, 15) is 4.79 Å². The molecule has 3 heterocycles. The fourth-order valence-corrected chi connectivity index (χ4v) is 3.86. The van der Waals surface area contributed by atoms with Crippen molar-refractivity contribution in [3.8, 4) is 11.3 Å². The molecule has 0 aromatic carbocycles. The molecule has 8 nitrogen and oxygen atoms in total. The molecule has 1 saturated carbocycles. The van der Waals surface area contributed by atoms with Crippen LogP contribution in [-0.4, -0.2) is 37.7 Å². The number of nitrogens with one attached hydrogen (secondary N) is 2. The lowest BCUT2D eigenvalue weighted by atomic mass is 9.91. The van der Waals surface area contributed by atoms with Crippen molar-refractivity contribution in [2.45, 2.75) is 64.7 Å². The summed E-state index contributed by atoms with van der Waals surface area (Å²) in [5, 5.41) is 10.7. The van der Waals surface area contributed by atoms with E-state index in [-0.39, 0.29) is 18.0 Å². The molecule has 0 saturated heterocycles. The van der Waals surface area contributed by atoms with Crippen molar-refractivity contribution in [1.29, 1.82) is 0 Å². The van der Waals surface area contributed by atoms with Crippen LogP contribution in [0, 0.1) is 5.92 Å². The first kappa shape index (κ1) is 17.9. The average molecular weight is 369 g/mol. The van der Waals surface area contributed by atoms with Gasteiger partial charge in [-0.25, -0.2) is 9.97 Å². The molecule has 2 aromatic heterocycles. The number of hydrogen-bond donors (Lipinski definition) is 3. The van der Waals surface area contributed by atoms with E-state index >= 15 is 0 Å². The van der Waals surface area contributed by atoms with Crippen LogP contribution in [0.4, 0.5) is 5.95 Å². The number of fused-ring (bicyclic) bond motifs is 1. The molecular formula is C19H27N7O. The summed E-state index contributed by atoms with van der Waals surface area (Å²) >= 11 is 0. The summed E-state index contributed by atoms with van der Waals surface area (Å²) in [6.45, 7) is 5.54. The Morgan fingerprint density at radius 2 is 2.15 bits per heavy atom. The topological polar surface area (TPSA) is 111 Å². The highest BCUT2D eigenvalue weighted by molar-refractivity contribution is 6.03. The van der Waals surface area contributed by atoms with Gasteiger partial charge < -0.3 is 16.4 Å². The molecule has 4 rings (SSSR count). The van der Waals surface area contributed by atoms with Gasteiger partial charge in [0.1, 0.15) is 0 Å². The fourth-order valence-electron chi connectivity index (χ4n) is 3.86. The van der Waals surface area contributed by atoms with Crippen LogP contribution in [-0.2, 0) is 13.1 Å². The van der Waals surface area contributed by atoms with Gasteiger partial charge in [-0.15, -0.1) is 0 Å². The number of rotatable bonds is 5. The maximum Gasteiger partial charge on any atom is 0.255 e. The lowest BCUT2D eigenvalue weighted by Crippen LogP contribution is -2.43. The van der Waals surface area contributed by atoms with Crippen LogP contribution >= 0.6 is 0 Å². The van der Waals surface area contributed by atoms with Gasteiger partial charge in [-0.1, -0.05) is 26.7 Å². The number of nitrogens with zero attached hydrogens (tertiary/aromatic N) is 4. The molecule has 1 amide bonds. The smallest absolute Gasteiger partial charge is 0.255 e. The maximum absolute atomic E-state index is 12.3. The molecule has 0 bridgehead atoms. The molecule has 27 heavy (non-hydrogen) atoms. The normalized spacial score (nSPS) is 22.0. The van der Waals surface area contributed by atoms with Gasteiger partial charge in [0.05, 0.1) is 29.7 Å². The molecule has 1 fully saturated rings. The Bertz CT molecular complexity index is 845. The Balaban J connectivity index is 1.68. The summed E-state index contributed by atoms with van der Waals surface area (Å²) in [6, 6.07) is 0.269. The fraction of sp³-hybridized carbons (Fsp3) is 0.579. The van der Waals surface area contributed by atoms with Crippen LogP contribution in [0.15, 0.2) is 12.4 Å². The van der Waals surface area contributed by atoms with E-state index in [1.165, 1.54) is 6.42 Å². The maximum atomic E-state index is 12.3. The second-order valence-corrected chi connectivity index (χ2v) is 7.94. The van der Waals surface area contributed by atoms with Gasteiger partial charge in [0, 0.05) is 30.4 Å². The van der Waals surface area contributed by atoms with Crippen molar-refractivity contribution in [1.82, 2.24) is 25.1 Å². The predicted octanol–water partition coefficient (Wildman–Crippen LogP) is 1.92. The van der Waals surface area contributed by atoms with Gasteiger partial charge in [-0.05, 0) is 18.8 Å². The van der Waals surface area contributed by atoms with Gasteiger partial charge in [-0.3, -0.25) is 9.48 Å². The standard InChI is InChI=1S/C19H27N7O/c1-11(2)9-26-10-12(7-22-26)17-16-15(8-21-18(16)27)24-19(25-17)23-14-6-4-3-5-13(14)20/h7,10-11,13-14H,3-6,8-9,20H2,1-2H3,(H,21,27)(H,23,24,25)/t13?,14-/m1/s1. The van der Waals surface area contributed by atoms with E-state index < -0.39 is 0 Å². The lowest BCUT2D eigenvalue weighted by molar-refractivity contribution is 0.0966. The number of carbonyl (C=O) groups is 1. The van der Waals surface area contributed by atoms with E-state index in [4.69, 9.17) is 10.7 Å². The lowest BCUT2D eigenvalue weighted by Gasteiger charge is -2.29. The largest absolute Gasteiger partial charge is 0.350 e. The number of anilines is 1.